The normalized spacial score (nSPS) is 26.9. The van der Waals surface area contributed by atoms with E-state index in [9.17, 15) is 5.11 Å². The van der Waals surface area contributed by atoms with Gasteiger partial charge in [0.1, 0.15) is 0 Å². The Kier molecular flexibility index (Phi) is 5.68. The summed E-state index contributed by atoms with van der Waals surface area (Å²) in [5, 5.41) is 10.7. The fourth-order valence-electron chi connectivity index (χ4n) is 4.38. The van der Waals surface area contributed by atoms with Gasteiger partial charge in [-0.2, -0.15) is 0 Å². The van der Waals surface area contributed by atoms with E-state index in [1.165, 1.54) is 36.0 Å². The lowest BCUT2D eigenvalue weighted by Crippen LogP contribution is -2.46. The van der Waals surface area contributed by atoms with Crippen molar-refractivity contribution in [1.82, 2.24) is 4.90 Å². The maximum absolute atomic E-state index is 10.7. The highest BCUT2D eigenvalue weighted by molar-refractivity contribution is 5.63. The summed E-state index contributed by atoms with van der Waals surface area (Å²) in [5.41, 5.74) is 3.62. The highest BCUT2D eigenvalue weighted by atomic mass is 16.5. The van der Waals surface area contributed by atoms with E-state index in [0.29, 0.717) is 12.6 Å². The van der Waals surface area contributed by atoms with Crippen LogP contribution in [0.25, 0.3) is 11.1 Å². The number of aliphatic hydroxyl groups is 1. The largest absolute Gasteiger partial charge is 0.389 e. The maximum atomic E-state index is 10.7. The average Bonchev–Trinajstić information content (AvgIpc) is 3.08. The lowest BCUT2D eigenvalue weighted by Gasteiger charge is -2.34. The van der Waals surface area contributed by atoms with Gasteiger partial charge < -0.3 is 9.84 Å². The van der Waals surface area contributed by atoms with E-state index in [-0.39, 0.29) is 12.2 Å². The molecule has 3 heteroatoms. The van der Waals surface area contributed by atoms with Gasteiger partial charge in [0.15, 0.2) is 0 Å². The zero-order valence-electron chi connectivity index (χ0n) is 15.4. The van der Waals surface area contributed by atoms with Gasteiger partial charge in [0.05, 0.1) is 18.8 Å². The Hall–Kier alpha value is -1.68. The second-order valence-electron chi connectivity index (χ2n) is 7.64. The number of piperidine rings is 1. The lowest BCUT2D eigenvalue weighted by molar-refractivity contribution is -0.0515. The standard InChI is InChI=1S/C23H29NO2/c25-23-21(24-15-5-2-6-16-24)13-14-22(23)26-17-18-9-11-20(12-10-18)19-7-3-1-4-8-19/h1,3-4,7-12,21-23,25H,2,5-6,13-17H2/t21-,22+,23+/m1/s1. The minimum absolute atomic E-state index is 0.0317. The molecule has 2 fully saturated rings. The molecule has 0 radical (unpaired) electrons. The van der Waals surface area contributed by atoms with Crippen LogP contribution in [0.4, 0.5) is 0 Å². The molecule has 2 aliphatic rings. The molecule has 1 saturated carbocycles. The Balaban J connectivity index is 1.31. The molecule has 1 aliphatic heterocycles. The molecule has 2 aromatic carbocycles. The van der Waals surface area contributed by atoms with Crippen molar-refractivity contribution < 1.29 is 9.84 Å². The van der Waals surface area contributed by atoms with Crippen LogP contribution in [0.5, 0.6) is 0 Å². The summed E-state index contributed by atoms with van der Waals surface area (Å²) in [6.07, 6.45) is 5.50. The van der Waals surface area contributed by atoms with E-state index in [2.05, 4.69) is 53.4 Å². The summed E-state index contributed by atoms with van der Waals surface area (Å²) in [6, 6.07) is 19.3. The van der Waals surface area contributed by atoms with Gasteiger partial charge in [0.25, 0.3) is 0 Å². The summed E-state index contributed by atoms with van der Waals surface area (Å²) in [4.78, 5) is 2.48. The first kappa shape index (κ1) is 17.7. The quantitative estimate of drug-likeness (QED) is 0.874. The van der Waals surface area contributed by atoms with E-state index in [0.717, 1.165) is 25.9 Å². The molecule has 1 N–H and O–H groups in total. The van der Waals surface area contributed by atoms with E-state index < -0.39 is 0 Å². The number of benzene rings is 2. The number of rotatable bonds is 5. The fraction of sp³-hybridized carbons (Fsp3) is 0.478. The smallest absolute Gasteiger partial charge is 0.0956 e. The predicted molar refractivity (Wildman–Crippen MR) is 105 cm³/mol. The Morgan fingerprint density at radius 3 is 2.27 bits per heavy atom. The van der Waals surface area contributed by atoms with Crippen LogP contribution in [0.1, 0.15) is 37.7 Å². The molecule has 1 saturated heterocycles. The minimum Gasteiger partial charge on any atom is -0.389 e. The van der Waals surface area contributed by atoms with E-state index in [1.54, 1.807) is 0 Å². The molecule has 4 rings (SSSR count). The Morgan fingerprint density at radius 1 is 0.846 bits per heavy atom. The van der Waals surface area contributed by atoms with Crippen molar-refractivity contribution in [3.05, 3.63) is 60.2 Å². The minimum atomic E-state index is -0.350. The summed E-state index contributed by atoms with van der Waals surface area (Å²) in [7, 11) is 0. The molecule has 0 amide bonds. The molecule has 3 nitrogen and oxygen atoms in total. The second-order valence-corrected chi connectivity index (χ2v) is 7.64. The van der Waals surface area contributed by atoms with Crippen LogP contribution < -0.4 is 0 Å². The van der Waals surface area contributed by atoms with E-state index in [4.69, 9.17) is 4.74 Å². The van der Waals surface area contributed by atoms with Crippen molar-refractivity contribution in [2.24, 2.45) is 0 Å². The van der Waals surface area contributed by atoms with Crippen LogP contribution in [0, 0.1) is 0 Å². The van der Waals surface area contributed by atoms with Gasteiger partial charge in [-0.3, -0.25) is 4.90 Å². The fourth-order valence-corrected chi connectivity index (χ4v) is 4.38. The molecule has 1 aliphatic carbocycles. The van der Waals surface area contributed by atoms with Gasteiger partial charge in [-0.1, -0.05) is 61.0 Å². The monoisotopic (exact) mass is 351 g/mol. The van der Waals surface area contributed by atoms with Crippen LogP contribution in [-0.4, -0.2) is 41.3 Å². The predicted octanol–water partition coefficient (Wildman–Crippen LogP) is 4.25. The number of nitrogens with zero attached hydrogens (tertiary/aromatic N) is 1. The molecule has 3 atom stereocenters. The molecular weight excluding hydrogens is 322 g/mol. The van der Waals surface area contributed by atoms with Crippen LogP contribution in [0.3, 0.4) is 0 Å². The zero-order valence-corrected chi connectivity index (χ0v) is 15.4. The number of ether oxygens (including phenoxy) is 1. The highest BCUT2D eigenvalue weighted by Gasteiger charge is 2.39. The maximum Gasteiger partial charge on any atom is 0.0956 e. The molecule has 1 heterocycles. The molecule has 26 heavy (non-hydrogen) atoms. The van der Waals surface area contributed by atoms with Gasteiger partial charge in [0, 0.05) is 6.04 Å². The highest BCUT2D eigenvalue weighted by Crippen LogP contribution is 2.30. The van der Waals surface area contributed by atoms with Gasteiger partial charge in [-0.15, -0.1) is 0 Å². The van der Waals surface area contributed by atoms with Gasteiger partial charge in [0.2, 0.25) is 0 Å². The second kappa shape index (κ2) is 8.34. The van der Waals surface area contributed by atoms with Crippen LogP contribution in [0.15, 0.2) is 54.6 Å². The first-order chi connectivity index (χ1) is 12.8. The third kappa shape index (κ3) is 4.01. The SMILES string of the molecule is O[C@@H]1[C@@H](OCc2ccc(-c3ccccc3)cc2)CC[C@H]1N1CCCCC1. The first-order valence-electron chi connectivity index (χ1n) is 9.99. The van der Waals surface area contributed by atoms with Crippen molar-refractivity contribution in [1.29, 1.82) is 0 Å². The van der Waals surface area contributed by atoms with Crippen molar-refractivity contribution in [2.75, 3.05) is 13.1 Å². The Bertz CT molecular complexity index is 679. The van der Waals surface area contributed by atoms with Gasteiger partial charge >= 0.3 is 0 Å². The first-order valence-corrected chi connectivity index (χ1v) is 9.99. The van der Waals surface area contributed by atoms with Crippen molar-refractivity contribution >= 4 is 0 Å². The van der Waals surface area contributed by atoms with E-state index >= 15 is 0 Å². The number of likely N-dealkylation sites (tertiary alicyclic amines) is 1. The number of hydrogen-bond donors (Lipinski definition) is 1. The molecule has 0 aromatic heterocycles. The molecule has 0 spiro atoms. The summed E-state index contributed by atoms with van der Waals surface area (Å²) < 4.78 is 6.09. The third-order valence-corrected chi connectivity index (χ3v) is 5.91. The van der Waals surface area contributed by atoms with Crippen LogP contribution >= 0.6 is 0 Å². The van der Waals surface area contributed by atoms with Crippen LogP contribution in [-0.2, 0) is 11.3 Å². The summed E-state index contributed by atoms with van der Waals surface area (Å²) in [5.74, 6) is 0. The molecule has 0 bridgehead atoms. The summed E-state index contributed by atoms with van der Waals surface area (Å²) >= 11 is 0. The van der Waals surface area contributed by atoms with Gasteiger partial charge in [-0.05, 0) is 55.5 Å². The lowest BCUT2D eigenvalue weighted by atomic mass is 10.0. The number of aliphatic hydroxyl groups excluding tert-OH is 1. The molecule has 138 valence electrons. The molecule has 0 unspecified atom stereocenters. The molecule has 2 aromatic rings. The van der Waals surface area contributed by atoms with Crippen molar-refractivity contribution in [3.8, 4) is 11.1 Å². The molecular formula is C23H29NO2. The summed E-state index contributed by atoms with van der Waals surface area (Å²) in [6.45, 7) is 2.84. The third-order valence-electron chi connectivity index (χ3n) is 5.91. The zero-order chi connectivity index (χ0) is 17.8. The van der Waals surface area contributed by atoms with Crippen molar-refractivity contribution in [3.63, 3.8) is 0 Å². The Labute approximate surface area is 156 Å². The van der Waals surface area contributed by atoms with Crippen LogP contribution in [0.2, 0.25) is 0 Å². The van der Waals surface area contributed by atoms with E-state index in [1.807, 2.05) is 6.07 Å². The topological polar surface area (TPSA) is 32.7 Å². The number of hydrogen-bond acceptors (Lipinski definition) is 3. The Morgan fingerprint density at radius 2 is 1.54 bits per heavy atom. The van der Waals surface area contributed by atoms with Gasteiger partial charge in [-0.25, -0.2) is 0 Å². The van der Waals surface area contributed by atoms with Crippen molar-refractivity contribution in [2.45, 2.75) is 57.0 Å². The average molecular weight is 351 g/mol.